The fraction of sp³-hybridized carbons (Fsp3) is 0.500. The van der Waals surface area contributed by atoms with E-state index in [2.05, 4.69) is 26.1 Å². The smallest absolute Gasteiger partial charge is 0.311 e. The van der Waals surface area contributed by atoms with E-state index in [1.165, 1.54) is 6.07 Å². The molecule has 124 valence electrons. The predicted molar refractivity (Wildman–Crippen MR) is 87.1 cm³/mol. The second-order valence-electron chi connectivity index (χ2n) is 6.06. The molecule has 2 fully saturated rings. The zero-order valence-corrected chi connectivity index (χ0v) is 14.3. The molecule has 23 heavy (non-hydrogen) atoms. The Morgan fingerprint density at radius 3 is 2.52 bits per heavy atom. The number of hydrogen-bond donors (Lipinski definition) is 1. The number of benzene rings is 1. The van der Waals surface area contributed by atoms with Crippen LogP contribution in [-0.2, 0) is 16.1 Å². The summed E-state index contributed by atoms with van der Waals surface area (Å²) in [7, 11) is 0. The van der Waals surface area contributed by atoms with Gasteiger partial charge in [0, 0.05) is 38.8 Å². The van der Waals surface area contributed by atoms with E-state index < -0.39 is 11.8 Å². The average Bonchev–Trinajstić information content (AvgIpc) is 3.35. The molecule has 1 saturated heterocycles. The van der Waals surface area contributed by atoms with E-state index in [-0.39, 0.29) is 11.9 Å². The third-order valence-electron chi connectivity index (χ3n) is 4.16. The quantitative estimate of drug-likeness (QED) is 0.804. The van der Waals surface area contributed by atoms with Crippen molar-refractivity contribution in [2.45, 2.75) is 25.4 Å². The lowest BCUT2D eigenvalue weighted by molar-refractivity contribution is -0.147. The van der Waals surface area contributed by atoms with E-state index >= 15 is 0 Å². The standard InChI is InChI=1S/C16H19BrFN3O2/c17-13-9-11(1-4-14(13)18)10-20-5-7-21(8-6-20)16(23)15(22)19-12-2-3-12/h1,4,9,12H,2-3,5-8,10H2,(H,19,22). The van der Waals surface area contributed by atoms with Crippen molar-refractivity contribution < 1.29 is 14.0 Å². The van der Waals surface area contributed by atoms with Crippen molar-refractivity contribution in [3.63, 3.8) is 0 Å². The van der Waals surface area contributed by atoms with Gasteiger partial charge in [-0.15, -0.1) is 0 Å². The van der Waals surface area contributed by atoms with E-state index in [0.29, 0.717) is 37.2 Å². The molecule has 0 spiro atoms. The van der Waals surface area contributed by atoms with Crippen molar-refractivity contribution in [1.29, 1.82) is 0 Å². The summed E-state index contributed by atoms with van der Waals surface area (Å²) >= 11 is 3.19. The normalized spacial score (nSPS) is 18.8. The zero-order valence-electron chi connectivity index (χ0n) is 12.7. The van der Waals surface area contributed by atoms with Crippen molar-refractivity contribution in [3.05, 3.63) is 34.1 Å². The van der Waals surface area contributed by atoms with Crippen LogP contribution in [0.4, 0.5) is 4.39 Å². The summed E-state index contributed by atoms with van der Waals surface area (Å²) < 4.78 is 13.7. The SMILES string of the molecule is O=C(NC1CC1)C(=O)N1CCN(Cc2ccc(F)c(Br)c2)CC1. The minimum absolute atomic E-state index is 0.199. The van der Waals surface area contributed by atoms with Crippen molar-refractivity contribution in [2.75, 3.05) is 26.2 Å². The second-order valence-corrected chi connectivity index (χ2v) is 6.92. The summed E-state index contributed by atoms with van der Waals surface area (Å²) in [6, 6.07) is 5.18. The Morgan fingerprint density at radius 2 is 1.91 bits per heavy atom. The van der Waals surface area contributed by atoms with Gasteiger partial charge < -0.3 is 10.2 Å². The lowest BCUT2D eigenvalue weighted by Gasteiger charge is -2.34. The van der Waals surface area contributed by atoms with Crippen molar-refractivity contribution in [1.82, 2.24) is 15.1 Å². The fourth-order valence-electron chi connectivity index (χ4n) is 2.62. The summed E-state index contributed by atoms with van der Waals surface area (Å²) in [4.78, 5) is 27.6. The van der Waals surface area contributed by atoms with Crippen LogP contribution in [0.5, 0.6) is 0 Å². The Morgan fingerprint density at radius 1 is 1.22 bits per heavy atom. The van der Waals surface area contributed by atoms with Crippen molar-refractivity contribution in [2.24, 2.45) is 0 Å². The predicted octanol–water partition coefficient (Wildman–Crippen LogP) is 1.51. The monoisotopic (exact) mass is 383 g/mol. The molecule has 1 N–H and O–H groups in total. The van der Waals surface area contributed by atoms with Crippen LogP contribution in [0.1, 0.15) is 18.4 Å². The Balaban J connectivity index is 1.48. The molecule has 1 heterocycles. The molecule has 1 aliphatic carbocycles. The molecule has 0 bridgehead atoms. The summed E-state index contributed by atoms with van der Waals surface area (Å²) in [6.07, 6.45) is 1.94. The number of amides is 2. The number of carbonyl (C=O) groups excluding carboxylic acids is 2. The summed E-state index contributed by atoms with van der Waals surface area (Å²) in [5.74, 6) is -1.18. The number of rotatable bonds is 3. The molecule has 0 radical (unpaired) electrons. The Labute approximate surface area is 142 Å². The minimum Gasteiger partial charge on any atom is -0.345 e. The fourth-order valence-corrected chi connectivity index (χ4v) is 3.05. The van der Waals surface area contributed by atoms with Crippen LogP contribution < -0.4 is 5.32 Å². The van der Waals surface area contributed by atoms with E-state index in [0.717, 1.165) is 18.4 Å². The van der Waals surface area contributed by atoms with Gasteiger partial charge in [-0.2, -0.15) is 0 Å². The van der Waals surface area contributed by atoms with Gasteiger partial charge in [0.25, 0.3) is 0 Å². The molecule has 7 heteroatoms. The van der Waals surface area contributed by atoms with Gasteiger partial charge in [0.2, 0.25) is 0 Å². The maximum atomic E-state index is 13.2. The molecule has 1 aromatic rings. The minimum atomic E-state index is -0.483. The van der Waals surface area contributed by atoms with E-state index in [4.69, 9.17) is 0 Å². The van der Waals surface area contributed by atoms with Gasteiger partial charge in [0.05, 0.1) is 4.47 Å². The van der Waals surface area contributed by atoms with E-state index in [1.807, 2.05) is 0 Å². The molecule has 2 amide bonds. The molecule has 2 aliphatic rings. The molecule has 1 aliphatic heterocycles. The highest BCUT2D eigenvalue weighted by molar-refractivity contribution is 9.10. The third kappa shape index (κ3) is 4.29. The van der Waals surface area contributed by atoms with Crippen molar-refractivity contribution >= 4 is 27.7 Å². The van der Waals surface area contributed by atoms with Crippen LogP contribution >= 0.6 is 15.9 Å². The molecule has 0 unspecified atom stereocenters. The van der Waals surface area contributed by atoms with Crippen LogP contribution in [0.15, 0.2) is 22.7 Å². The topological polar surface area (TPSA) is 52.7 Å². The molecule has 5 nitrogen and oxygen atoms in total. The summed E-state index contributed by atoms with van der Waals surface area (Å²) in [5.41, 5.74) is 1.02. The van der Waals surface area contributed by atoms with Crippen LogP contribution in [0, 0.1) is 5.82 Å². The first kappa shape index (κ1) is 16.4. The van der Waals surface area contributed by atoms with Crippen LogP contribution in [0.2, 0.25) is 0 Å². The largest absolute Gasteiger partial charge is 0.345 e. The second kappa shape index (κ2) is 6.97. The van der Waals surface area contributed by atoms with Gasteiger partial charge in [-0.3, -0.25) is 14.5 Å². The first-order valence-corrected chi connectivity index (χ1v) is 8.58. The van der Waals surface area contributed by atoms with Gasteiger partial charge in [0.1, 0.15) is 5.82 Å². The highest BCUT2D eigenvalue weighted by Gasteiger charge is 2.30. The number of nitrogens with one attached hydrogen (secondary N) is 1. The number of hydrogen-bond acceptors (Lipinski definition) is 3. The highest BCUT2D eigenvalue weighted by atomic mass is 79.9. The Kier molecular flexibility index (Phi) is 4.96. The van der Waals surface area contributed by atoms with Crippen LogP contribution in [0.3, 0.4) is 0 Å². The van der Waals surface area contributed by atoms with Crippen LogP contribution in [0.25, 0.3) is 0 Å². The molecule has 3 rings (SSSR count). The maximum absolute atomic E-state index is 13.2. The number of carbonyl (C=O) groups is 2. The van der Waals surface area contributed by atoms with Gasteiger partial charge in [-0.1, -0.05) is 6.07 Å². The van der Waals surface area contributed by atoms with Gasteiger partial charge >= 0.3 is 11.8 Å². The number of nitrogens with zero attached hydrogens (tertiary/aromatic N) is 2. The molecule has 1 saturated carbocycles. The summed E-state index contributed by atoms with van der Waals surface area (Å²) in [5, 5.41) is 2.73. The molecular formula is C16H19BrFN3O2. The Hall–Kier alpha value is -1.47. The first-order valence-electron chi connectivity index (χ1n) is 7.79. The first-order chi connectivity index (χ1) is 11.0. The molecule has 1 aromatic carbocycles. The molecule has 0 atom stereocenters. The van der Waals surface area contributed by atoms with Gasteiger partial charge in [0.15, 0.2) is 0 Å². The molecular weight excluding hydrogens is 365 g/mol. The lowest BCUT2D eigenvalue weighted by Crippen LogP contribution is -2.52. The highest BCUT2D eigenvalue weighted by Crippen LogP contribution is 2.19. The van der Waals surface area contributed by atoms with Crippen LogP contribution in [-0.4, -0.2) is 53.8 Å². The van der Waals surface area contributed by atoms with Gasteiger partial charge in [-0.25, -0.2) is 4.39 Å². The number of piperazine rings is 1. The molecule has 0 aromatic heterocycles. The lowest BCUT2D eigenvalue weighted by atomic mass is 10.2. The van der Waals surface area contributed by atoms with E-state index in [9.17, 15) is 14.0 Å². The third-order valence-corrected chi connectivity index (χ3v) is 4.76. The Bertz CT molecular complexity index is 613. The summed E-state index contributed by atoms with van der Waals surface area (Å²) in [6.45, 7) is 3.20. The van der Waals surface area contributed by atoms with Crippen molar-refractivity contribution in [3.8, 4) is 0 Å². The maximum Gasteiger partial charge on any atom is 0.311 e. The zero-order chi connectivity index (χ0) is 16.4. The van der Waals surface area contributed by atoms with E-state index in [1.54, 1.807) is 17.0 Å². The average molecular weight is 384 g/mol. The van der Waals surface area contributed by atoms with Gasteiger partial charge in [-0.05, 0) is 46.5 Å². The number of halogens is 2.